The Bertz CT molecular complexity index is 473. The van der Waals surface area contributed by atoms with E-state index < -0.39 is 31.1 Å². The van der Waals surface area contributed by atoms with Crippen molar-refractivity contribution in [1.29, 1.82) is 0 Å². The van der Waals surface area contributed by atoms with E-state index in [1.165, 1.54) is 0 Å². The van der Waals surface area contributed by atoms with Crippen molar-refractivity contribution in [3.8, 4) is 0 Å². The minimum Gasteiger partial charge on any atom is -0.480 e. The number of aliphatic carboxylic acids is 2. The van der Waals surface area contributed by atoms with E-state index in [0.29, 0.717) is 16.3 Å². The van der Waals surface area contributed by atoms with Crippen LogP contribution in [0.1, 0.15) is 11.9 Å². The number of carbonyl (C=O) groups excluding carboxylic acids is 1. The molecule has 0 unspecified atom stereocenters. The van der Waals surface area contributed by atoms with Crippen LogP contribution in [0.25, 0.3) is 0 Å². The van der Waals surface area contributed by atoms with E-state index in [0.717, 1.165) is 11.3 Å². The molecule has 1 aromatic rings. The van der Waals surface area contributed by atoms with Gasteiger partial charge in [0.1, 0.15) is 18.1 Å². The van der Waals surface area contributed by atoms with E-state index in [9.17, 15) is 14.4 Å². The second-order valence-corrected chi connectivity index (χ2v) is 4.49. The molecule has 0 atom stereocenters. The molecule has 0 aliphatic heterocycles. The number of rotatable bonds is 6. The molecule has 0 aliphatic rings. The molecular weight excluding hydrogens is 276 g/mol. The fourth-order valence-electron chi connectivity index (χ4n) is 1.14. The van der Waals surface area contributed by atoms with Gasteiger partial charge in [0.25, 0.3) is 0 Å². The highest BCUT2D eigenvalue weighted by Crippen LogP contribution is 2.15. The van der Waals surface area contributed by atoms with E-state index in [1.54, 1.807) is 0 Å². The SMILES string of the molecule is CCc1nnc(NC(=O)N(CC(=O)O)CC(=O)O)s1. The van der Waals surface area contributed by atoms with Crippen molar-refractivity contribution in [2.45, 2.75) is 13.3 Å². The van der Waals surface area contributed by atoms with Crippen molar-refractivity contribution in [3.05, 3.63) is 5.01 Å². The third kappa shape index (κ3) is 4.87. The summed E-state index contributed by atoms with van der Waals surface area (Å²) in [5.41, 5.74) is 0. The number of carboxylic acid groups (broad SMARTS) is 2. The third-order valence-electron chi connectivity index (χ3n) is 1.92. The summed E-state index contributed by atoms with van der Waals surface area (Å²) in [6.45, 7) is 0.447. The highest BCUT2D eigenvalue weighted by Gasteiger charge is 2.20. The van der Waals surface area contributed by atoms with Gasteiger partial charge in [0.2, 0.25) is 5.13 Å². The molecule has 0 aliphatic carbocycles. The number of hydrogen-bond acceptors (Lipinski definition) is 6. The van der Waals surface area contributed by atoms with Gasteiger partial charge in [0, 0.05) is 0 Å². The molecule has 9 nitrogen and oxygen atoms in total. The zero-order valence-corrected chi connectivity index (χ0v) is 10.8. The minimum absolute atomic E-state index is 0.197. The Morgan fingerprint density at radius 2 is 1.79 bits per heavy atom. The second kappa shape index (κ2) is 6.64. The van der Waals surface area contributed by atoms with Gasteiger partial charge in [-0.05, 0) is 6.42 Å². The number of nitrogens with one attached hydrogen (secondary N) is 1. The first-order valence-electron chi connectivity index (χ1n) is 5.24. The molecule has 1 rings (SSSR count). The number of hydrogen-bond donors (Lipinski definition) is 3. The number of aryl methyl sites for hydroxylation is 1. The second-order valence-electron chi connectivity index (χ2n) is 3.43. The predicted molar refractivity (Wildman–Crippen MR) is 65.2 cm³/mol. The van der Waals surface area contributed by atoms with E-state index in [-0.39, 0.29) is 5.13 Å². The third-order valence-corrected chi connectivity index (χ3v) is 2.91. The Hall–Kier alpha value is -2.23. The summed E-state index contributed by atoms with van der Waals surface area (Å²) in [7, 11) is 0. The van der Waals surface area contributed by atoms with Crippen LogP contribution in [0.2, 0.25) is 0 Å². The summed E-state index contributed by atoms with van der Waals surface area (Å²) in [6.07, 6.45) is 0.654. The number of aromatic nitrogens is 2. The molecule has 1 heterocycles. The first-order chi connectivity index (χ1) is 8.92. The molecule has 10 heteroatoms. The van der Waals surface area contributed by atoms with Crippen LogP contribution >= 0.6 is 11.3 Å². The van der Waals surface area contributed by atoms with Crippen molar-refractivity contribution >= 4 is 34.4 Å². The lowest BCUT2D eigenvalue weighted by Crippen LogP contribution is -2.41. The van der Waals surface area contributed by atoms with E-state index in [2.05, 4.69) is 15.5 Å². The van der Waals surface area contributed by atoms with Gasteiger partial charge in [-0.15, -0.1) is 10.2 Å². The van der Waals surface area contributed by atoms with Gasteiger partial charge in [-0.3, -0.25) is 14.9 Å². The lowest BCUT2D eigenvalue weighted by molar-refractivity contribution is -0.140. The van der Waals surface area contributed by atoms with Crippen molar-refractivity contribution in [2.75, 3.05) is 18.4 Å². The average molecular weight is 288 g/mol. The summed E-state index contributed by atoms with van der Waals surface area (Å²) in [5, 5.41) is 27.9. The molecule has 0 radical (unpaired) electrons. The van der Waals surface area contributed by atoms with Crippen molar-refractivity contribution in [3.63, 3.8) is 0 Å². The molecule has 0 aromatic carbocycles. The molecule has 0 saturated heterocycles. The minimum atomic E-state index is -1.30. The molecule has 2 amide bonds. The number of carbonyl (C=O) groups is 3. The maximum Gasteiger partial charge on any atom is 0.324 e. The highest BCUT2D eigenvalue weighted by molar-refractivity contribution is 7.15. The summed E-state index contributed by atoms with van der Waals surface area (Å²) in [5.74, 6) is -2.61. The Kier molecular flexibility index (Phi) is 5.18. The number of carboxylic acids is 2. The molecule has 1 aromatic heterocycles. The van der Waals surface area contributed by atoms with Gasteiger partial charge in [-0.1, -0.05) is 18.3 Å². The monoisotopic (exact) mass is 288 g/mol. The van der Waals surface area contributed by atoms with Crippen LogP contribution in [0.15, 0.2) is 0 Å². The van der Waals surface area contributed by atoms with Crippen molar-refractivity contribution < 1.29 is 24.6 Å². The molecule has 0 bridgehead atoms. The smallest absolute Gasteiger partial charge is 0.324 e. The van der Waals surface area contributed by atoms with Crippen LogP contribution in [0, 0.1) is 0 Å². The van der Waals surface area contributed by atoms with Crippen LogP contribution in [-0.4, -0.2) is 56.4 Å². The van der Waals surface area contributed by atoms with Crippen LogP contribution in [-0.2, 0) is 16.0 Å². The molecular formula is C9H12N4O5S. The summed E-state index contributed by atoms with van der Waals surface area (Å²) >= 11 is 1.14. The quantitative estimate of drug-likeness (QED) is 0.676. The lowest BCUT2D eigenvalue weighted by Gasteiger charge is -2.17. The Morgan fingerprint density at radius 3 is 2.21 bits per heavy atom. The molecule has 0 spiro atoms. The van der Waals surface area contributed by atoms with Crippen LogP contribution in [0.3, 0.4) is 0 Å². The van der Waals surface area contributed by atoms with Crippen LogP contribution in [0.5, 0.6) is 0 Å². The molecule has 0 fully saturated rings. The zero-order chi connectivity index (χ0) is 14.4. The zero-order valence-electron chi connectivity index (χ0n) is 9.99. The standard InChI is InChI=1S/C9H12N4O5S/c1-2-5-11-12-8(19-5)10-9(18)13(3-6(14)15)4-7(16)17/h2-4H2,1H3,(H,14,15)(H,16,17)(H,10,12,18). The van der Waals surface area contributed by atoms with Gasteiger partial charge < -0.3 is 15.1 Å². The largest absolute Gasteiger partial charge is 0.480 e. The summed E-state index contributed by atoms with van der Waals surface area (Å²) in [6, 6.07) is -0.844. The summed E-state index contributed by atoms with van der Waals surface area (Å²) in [4.78, 5) is 33.5. The lowest BCUT2D eigenvalue weighted by atomic mass is 10.5. The van der Waals surface area contributed by atoms with Gasteiger partial charge in [0.05, 0.1) is 0 Å². The van der Waals surface area contributed by atoms with Crippen molar-refractivity contribution in [2.24, 2.45) is 0 Å². The number of nitrogens with zero attached hydrogens (tertiary/aromatic N) is 3. The maximum atomic E-state index is 11.7. The normalized spacial score (nSPS) is 9.95. The predicted octanol–water partition coefficient (Wildman–Crippen LogP) is 0.104. The van der Waals surface area contributed by atoms with Gasteiger partial charge in [-0.2, -0.15) is 0 Å². The molecule has 0 saturated carbocycles. The van der Waals surface area contributed by atoms with Gasteiger partial charge in [0.15, 0.2) is 0 Å². The average Bonchev–Trinajstić information content (AvgIpc) is 2.74. The summed E-state index contributed by atoms with van der Waals surface area (Å²) < 4.78 is 0. The number of urea groups is 1. The first kappa shape index (κ1) is 14.8. The highest BCUT2D eigenvalue weighted by atomic mass is 32.1. The first-order valence-corrected chi connectivity index (χ1v) is 6.06. The number of amides is 2. The van der Waals surface area contributed by atoms with Crippen molar-refractivity contribution in [1.82, 2.24) is 15.1 Å². The Balaban J connectivity index is 2.69. The fraction of sp³-hybridized carbons (Fsp3) is 0.444. The molecule has 19 heavy (non-hydrogen) atoms. The van der Waals surface area contributed by atoms with E-state index in [1.807, 2.05) is 6.92 Å². The van der Waals surface area contributed by atoms with Gasteiger partial charge >= 0.3 is 18.0 Å². The maximum absolute atomic E-state index is 11.7. The van der Waals surface area contributed by atoms with E-state index >= 15 is 0 Å². The Labute approximate surface area is 111 Å². The Morgan fingerprint density at radius 1 is 1.21 bits per heavy atom. The van der Waals surface area contributed by atoms with Crippen LogP contribution in [0.4, 0.5) is 9.93 Å². The number of anilines is 1. The molecule has 104 valence electrons. The fourth-order valence-corrected chi connectivity index (χ4v) is 1.81. The topological polar surface area (TPSA) is 133 Å². The van der Waals surface area contributed by atoms with Gasteiger partial charge in [-0.25, -0.2) is 4.79 Å². The van der Waals surface area contributed by atoms with Crippen LogP contribution < -0.4 is 5.32 Å². The van der Waals surface area contributed by atoms with E-state index in [4.69, 9.17) is 10.2 Å². The molecule has 3 N–H and O–H groups in total.